The average molecular weight is 618 g/mol. The fourth-order valence-electron chi connectivity index (χ4n) is 5.33. The lowest BCUT2D eigenvalue weighted by Crippen LogP contribution is -2.09. The van der Waals surface area contributed by atoms with E-state index in [-0.39, 0.29) is 5.69 Å². The van der Waals surface area contributed by atoms with Crippen LogP contribution in [0.15, 0.2) is 200 Å². The lowest BCUT2D eigenvalue weighted by Gasteiger charge is -2.26. The van der Waals surface area contributed by atoms with Crippen LogP contribution in [-0.2, 0) is 0 Å². The Balaban J connectivity index is 1.39. The zero-order valence-corrected chi connectivity index (χ0v) is 24.6. The second kappa shape index (κ2) is 12.7. The molecule has 222 valence electrons. The van der Waals surface area contributed by atoms with E-state index in [2.05, 4.69) is 0 Å². The number of benzene rings is 8. The zero-order chi connectivity index (χ0) is 47.1. The molecule has 0 aliphatic carbocycles. The van der Waals surface area contributed by atoms with Crippen LogP contribution >= 0.6 is 0 Å². The van der Waals surface area contributed by atoms with Crippen LogP contribution in [0.25, 0.3) is 55.3 Å². The van der Waals surface area contributed by atoms with Gasteiger partial charge in [-0.05, 0) is 97.6 Å². The maximum absolute atomic E-state index is 9.32. The van der Waals surface area contributed by atoms with E-state index in [0.29, 0.717) is 5.56 Å². The van der Waals surface area contributed by atoms with Crippen molar-refractivity contribution < 1.29 is 24.7 Å². The summed E-state index contributed by atoms with van der Waals surface area (Å²) in [6, 6.07) is 13.9. The largest absolute Gasteiger partial charge is 0.311 e. The van der Waals surface area contributed by atoms with Crippen LogP contribution in [0.3, 0.4) is 0 Å². The molecule has 0 aromatic heterocycles. The highest BCUT2D eigenvalue weighted by Gasteiger charge is 2.14. The Morgan fingerprint density at radius 2 is 0.872 bits per heavy atom. The van der Waals surface area contributed by atoms with E-state index in [9.17, 15) is 5.48 Å². The van der Waals surface area contributed by atoms with E-state index in [1.54, 1.807) is 12.1 Å². The molecule has 0 saturated heterocycles. The third-order valence-electron chi connectivity index (χ3n) is 7.60. The summed E-state index contributed by atoms with van der Waals surface area (Å²) in [5.41, 5.74) is -0.0541. The maximum atomic E-state index is 9.32. The van der Waals surface area contributed by atoms with Crippen molar-refractivity contribution in [3.05, 3.63) is 200 Å². The standard InChI is InChI=1S/C46H33N/c1-4-11-34(12-5-1)36-21-27-42(28-22-36)47(43-29-23-37(24-30-43)35-13-6-2-7-14-35)44-31-25-38(26-32-44)41-20-19-40-17-10-18-45(46(40)33-41)39-15-8-3-9-16-39/h1-33H/i1D,2D,4D,5D,6D,7D,11D,12D,13D,14D,21D,22D,23D,24D,27D,28D,29D,30D. The lowest BCUT2D eigenvalue weighted by atomic mass is 9.95. The third kappa shape index (κ3) is 5.83. The van der Waals surface area contributed by atoms with Crippen LogP contribution in [0.1, 0.15) is 24.7 Å². The van der Waals surface area contributed by atoms with Gasteiger partial charge in [0.25, 0.3) is 0 Å². The smallest absolute Gasteiger partial charge is 0.0645 e. The van der Waals surface area contributed by atoms with Crippen molar-refractivity contribution in [1.82, 2.24) is 0 Å². The fourth-order valence-corrected chi connectivity index (χ4v) is 5.33. The first kappa shape index (κ1) is 14.9. The van der Waals surface area contributed by atoms with Gasteiger partial charge >= 0.3 is 0 Å². The Morgan fingerprint density at radius 1 is 0.340 bits per heavy atom. The zero-order valence-electron chi connectivity index (χ0n) is 42.6. The van der Waals surface area contributed by atoms with Crippen molar-refractivity contribution >= 4 is 27.8 Å². The second-order valence-electron chi connectivity index (χ2n) is 10.4. The summed E-state index contributed by atoms with van der Waals surface area (Å²) in [5, 5.41) is 1.95. The number of rotatable bonds is 7. The molecular formula is C46H33N. The normalized spacial score (nSPS) is 16.3. The molecule has 8 rings (SSSR count). The van der Waals surface area contributed by atoms with E-state index in [0.717, 1.165) is 32.4 Å². The van der Waals surface area contributed by atoms with Crippen LogP contribution < -0.4 is 4.90 Å². The number of hydrogen-bond acceptors (Lipinski definition) is 1. The minimum absolute atomic E-state index is 0.0345. The quantitative estimate of drug-likeness (QED) is 0.172. The van der Waals surface area contributed by atoms with Crippen molar-refractivity contribution in [2.24, 2.45) is 0 Å². The van der Waals surface area contributed by atoms with Gasteiger partial charge in [-0.15, -0.1) is 0 Å². The molecule has 1 nitrogen and oxygen atoms in total. The first-order valence-corrected chi connectivity index (χ1v) is 14.6. The van der Waals surface area contributed by atoms with Crippen molar-refractivity contribution in [2.75, 3.05) is 4.90 Å². The molecule has 47 heavy (non-hydrogen) atoms. The van der Waals surface area contributed by atoms with Crippen molar-refractivity contribution in [1.29, 1.82) is 0 Å². The molecule has 0 aliphatic heterocycles. The molecule has 0 spiro atoms. The Bertz CT molecular complexity index is 3050. The summed E-state index contributed by atoms with van der Waals surface area (Å²) in [6.45, 7) is 0. The predicted octanol–water partition coefficient (Wildman–Crippen LogP) is 13.0. The molecule has 0 bridgehead atoms. The Morgan fingerprint density at radius 3 is 1.45 bits per heavy atom. The highest BCUT2D eigenvalue weighted by molar-refractivity contribution is 5.99. The maximum Gasteiger partial charge on any atom is 0.0645 e. The highest BCUT2D eigenvalue weighted by Crippen LogP contribution is 2.38. The summed E-state index contributed by atoms with van der Waals surface area (Å²) in [7, 11) is 0. The van der Waals surface area contributed by atoms with Crippen LogP contribution in [0.5, 0.6) is 0 Å². The molecule has 0 fully saturated rings. The van der Waals surface area contributed by atoms with Gasteiger partial charge in [-0.2, -0.15) is 0 Å². The summed E-state index contributed by atoms with van der Waals surface area (Å²) >= 11 is 0. The molecule has 0 aliphatic rings. The minimum atomic E-state index is -0.836. The molecule has 8 aromatic rings. The molecule has 0 atom stereocenters. The molecule has 8 aromatic carbocycles. The van der Waals surface area contributed by atoms with E-state index >= 15 is 0 Å². The number of anilines is 3. The summed E-state index contributed by atoms with van der Waals surface area (Å²) in [4.78, 5) is 0.997. The summed E-state index contributed by atoms with van der Waals surface area (Å²) < 4.78 is 157. The van der Waals surface area contributed by atoms with E-state index < -0.39 is 142 Å². The van der Waals surface area contributed by atoms with Crippen LogP contribution in [-0.4, -0.2) is 0 Å². The van der Waals surface area contributed by atoms with Gasteiger partial charge in [0.15, 0.2) is 0 Å². The predicted molar refractivity (Wildman–Crippen MR) is 200 cm³/mol. The molecule has 0 radical (unpaired) electrons. The third-order valence-corrected chi connectivity index (χ3v) is 7.60. The minimum Gasteiger partial charge on any atom is -0.311 e. The van der Waals surface area contributed by atoms with Crippen LogP contribution in [0.2, 0.25) is 0 Å². The van der Waals surface area contributed by atoms with Gasteiger partial charge in [0.1, 0.15) is 0 Å². The van der Waals surface area contributed by atoms with Gasteiger partial charge < -0.3 is 4.90 Å². The second-order valence-corrected chi connectivity index (χ2v) is 10.4. The Kier molecular flexibility index (Phi) is 4.03. The number of nitrogens with zero attached hydrogens (tertiary/aromatic N) is 1. The van der Waals surface area contributed by atoms with Gasteiger partial charge in [-0.1, -0.05) is 157 Å². The molecule has 1 heteroatoms. The molecular weight excluding hydrogens is 567 g/mol. The summed E-state index contributed by atoms with van der Waals surface area (Å²) in [6.07, 6.45) is 0. The van der Waals surface area contributed by atoms with Crippen LogP contribution in [0, 0.1) is 0 Å². The van der Waals surface area contributed by atoms with E-state index in [1.165, 1.54) is 12.1 Å². The van der Waals surface area contributed by atoms with Crippen molar-refractivity contribution in [3.8, 4) is 44.5 Å². The fraction of sp³-hybridized carbons (Fsp3) is 0. The molecule has 0 amide bonds. The first-order valence-electron chi connectivity index (χ1n) is 23.6. The lowest BCUT2D eigenvalue weighted by molar-refractivity contribution is 1.28. The first-order chi connectivity index (χ1) is 30.8. The SMILES string of the molecule is [2H]c1c([2H])c([2H])c(-c2c([2H])c([2H])c(N(c3ccc(-c4ccc5cccc(-c6ccccc6)c5c4)cc3)c3c([2H])c([2H])c(-c4c([2H])c([2H])c([2H])c([2H])c4[2H])c([2H])c3[2H])c([2H])c2[2H])c([2H])c1[2H]. The average Bonchev–Trinajstić information content (AvgIpc) is 3.31. The molecule has 0 N–H and O–H groups in total. The topological polar surface area (TPSA) is 3.24 Å². The van der Waals surface area contributed by atoms with Gasteiger partial charge in [-0.3, -0.25) is 0 Å². The molecule has 0 saturated carbocycles. The van der Waals surface area contributed by atoms with Crippen molar-refractivity contribution in [3.63, 3.8) is 0 Å². The highest BCUT2D eigenvalue weighted by atomic mass is 15.1. The van der Waals surface area contributed by atoms with Gasteiger partial charge in [0, 0.05) is 17.1 Å². The molecule has 0 heterocycles. The van der Waals surface area contributed by atoms with E-state index in [1.807, 2.05) is 66.7 Å². The van der Waals surface area contributed by atoms with Gasteiger partial charge in [0.2, 0.25) is 0 Å². The monoisotopic (exact) mass is 617 g/mol. The van der Waals surface area contributed by atoms with Crippen molar-refractivity contribution in [2.45, 2.75) is 0 Å². The van der Waals surface area contributed by atoms with Crippen LogP contribution in [0.4, 0.5) is 17.1 Å². The molecule has 0 unspecified atom stereocenters. The Labute approximate surface area is 302 Å². The van der Waals surface area contributed by atoms with Gasteiger partial charge in [0.05, 0.1) is 24.7 Å². The number of fused-ring (bicyclic) bond motifs is 1. The van der Waals surface area contributed by atoms with Gasteiger partial charge in [-0.25, -0.2) is 0 Å². The Hall–Kier alpha value is -6.18. The number of hydrogen-bond donors (Lipinski definition) is 0. The van der Waals surface area contributed by atoms with E-state index in [4.69, 9.17) is 19.2 Å². The summed E-state index contributed by atoms with van der Waals surface area (Å²) in [5.74, 6) is 0.